The number of rotatable bonds is 8. The van der Waals surface area contributed by atoms with Gasteiger partial charge in [0.15, 0.2) is 0 Å². The highest BCUT2D eigenvalue weighted by atomic mass is 35.5. The van der Waals surface area contributed by atoms with E-state index in [-0.39, 0.29) is 24.8 Å². The summed E-state index contributed by atoms with van der Waals surface area (Å²) in [7, 11) is 0. The van der Waals surface area contributed by atoms with Crippen LogP contribution in [-0.2, 0) is 29.1 Å². The van der Waals surface area contributed by atoms with Crippen molar-refractivity contribution in [1.29, 1.82) is 0 Å². The molecule has 1 N–H and O–H groups in total. The maximum Gasteiger partial charge on any atom is 0.242 e. The topological polar surface area (TPSA) is 62.6 Å². The van der Waals surface area contributed by atoms with Gasteiger partial charge in [0.1, 0.15) is 11.8 Å². The number of nitrogens with one attached hydrogen (secondary N) is 1. The Morgan fingerprint density at radius 3 is 2.38 bits per heavy atom. The molecule has 3 rings (SSSR count). The van der Waals surface area contributed by atoms with Crippen molar-refractivity contribution in [1.82, 2.24) is 10.2 Å². The molecule has 0 fully saturated rings. The van der Waals surface area contributed by atoms with Gasteiger partial charge in [0.05, 0.1) is 19.2 Å². The summed E-state index contributed by atoms with van der Waals surface area (Å²) in [6, 6.07) is 19.7. The Morgan fingerprint density at radius 1 is 1.00 bits per heavy atom. The van der Waals surface area contributed by atoms with Crippen LogP contribution in [0.3, 0.4) is 0 Å². The number of benzene rings is 2. The number of furan rings is 1. The Labute approximate surface area is 175 Å². The second-order valence-electron chi connectivity index (χ2n) is 6.78. The summed E-state index contributed by atoms with van der Waals surface area (Å²) >= 11 is 5.93. The molecule has 1 aromatic heterocycles. The van der Waals surface area contributed by atoms with Gasteiger partial charge in [0.2, 0.25) is 11.8 Å². The van der Waals surface area contributed by atoms with E-state index in [2.05, 4.69) is 5.32 Å². The molecular formula is C23H23ClN2O3. The molecule has 0 radical (unpaired) electrons. The third-order valence-electron chi connectivity index (χ3n) is 4.65. The molecule has 3 aromatic rings. The van der Waals surface area contributed by atoms with Crippen LogP contribution >= 0.6 is 11.6 Å². The first-order chi connectivity index (χ1) is 14.0. The van der Waals surface area contributed by atoms with Crippen molar-refractivity contribution in [2.45, 2.75) is 32.5 Å². The van der Waals surface area contributed by atoms with Crippen molar-refractivity contribution in [3.63, 3.8) is 0 Å². The van der Waals surface area contributed by atoms with Crippen LogP contribution < -0.4 is 5.32 Å². The first kappa shape index (κ1) is 20.7. The highest BCUT2D eigenvalue weighted by Crippen LogP contribution is 2.15. The maximum absolute atomic E-state index is 13.1. The van der Waals surface area contributed by atoms with E-state index in [0.29, 0.717) is 17.3 Å². The quantitative estimate of drug-likeness (QED) is 0.605. The van der Waals surface area contributed by atoms with Gasteiger partial charge < -0.3 is 14.6 Å². The molecule has 0 bridgehead atoms. The van der Waals surface area contributed by atoms with E-state index in [1.54, 1.807) is 42.4 Å². The Bertz CT molecular complexity index is 925. The van der Waals surface area contributed by atoms with Crippen LogP contribution in [0, 0.1) is 0 Å². The van der Waals surface area contributed by atoms with Crippen LogP contribution in [0.15, 0.2) is 77.4 Å². The van der Waals surface area contributed by atoms with Gasteiger partial charge >= 0.3 is 0 Å². The summed E-state index contributed by atoms with van der Waals surface area (Å²) in [6.07, 6.45) is 1.75. The fourth-order valence-electron chi connectivity index (χ4n) is 2.98. The van der Waals surface area contributed by atoms with Gasteiger partial charge in [-0.3, -0.25) is 9.59 Å². The molecule has 29 heavy (non-hydrogen) atoms. The lowest BCUT2D eigenvalue weighted by atomic mass is 10.1. The fraction of sp³-hybridized carbons (Fsp3) is 0.217. The Balaban J connectivity index is 1.72. The average molecular weight is 411 g/mol. The number of halogens is 1. The monoisotopic (exact) mass is 410 g/mol. The van der Waals surface area contributed by atoms with Crippen LogP contribution in [0.25, 0.3) is 0 Å². The molecule has 150 valence electrons. The van der Waals surface area contributed by atoms with Gasteiger partial charge in [-0.2, -0.15) is 0 Å². The molecule has 0 saturated heterocycles. The molecule has 6 heteroatoms. The number of hydrogen-bond acceptors (Lipinski definition) is 3. The highest BCUT2D eigenvalue weighted by molar-refractivity contribution is 6.30. The maximum atomic E-state index is 13.1. The molecule has 0 aliphatic heterocycles. The number of nitrogens with zero attached hydrogens (tertiary/aromatic N) is 1. The second-order valence-corrected chi connectivity index (χ2v) is 7.22. The van der Waals surface area contributed by atoms with Gasteiger partial charge in [-0.25, -0.2) is 0 Å². The lowest BCUT2D eigenvalue weighted by Gasteiger charge is -2.29. The average Bonchev–Trinajstić information content (AvgIpc) is 3.26. The standard InChI is InChI=1S/C23H23ClN2O3/c1-17(23(28)25-15-21-8-5-13-29-21)26(16-19-6-3-2-4-7-19)22(27)14-18-9-11-20(24)12-10-18/h2-13,17H,14-16H2,1H3,(H,25,28). The first-order valence-electron chi connectivity index (χ1n) is 9.41. The summed E-state index contributed by atoms with van der Waals surface area (Å²) < 4.78 is 5.25. The highest BCUT2D eigenvalue weighted by Gasteiger charge is 2.26. The molecule has 0 spiro atoms. The van der Waals surface area contributed by atoms with Crippen LogP contribution in [0.5, 0.6) is 0 Å². The molecule has 2 amide bonds. The molecule has 5 nitrogen and oxygen atoms in total. The van der Waals surface area contributed by atoms with E-state index in [0.717, 1.165) is 11.1 Å². The van der Waals surface area contributed by atoms with Gasteiger partial charge in [0, 0.05) is 11.6 Å². The Morgan fingerprint density at radius 2 is 1.72 bits per heavy atom. The predicted octanol–water partition coefficient (Wildman–Crippen LogP) is 4.21. The number of carbonyl (C=O) groups excluding carboxylic acids is 2. The van der Waals surface area contributed by atoms with Gasteiger partial charge in [0.25, 0.3) is 0 Å². The third kappa shape index (κ3) is 5.96. The molecule has 1 atom stereocenters. The first-order valence-corrected chi connectivity index (χ1v) is 9.78. The van der Waals surface area contributed by atoms with Crippen molar-refractivity contribution in [3.8, 4) is 0 Å². The van der Waals surface area contributed by atoms with Crippen molar-refractivity contribution >= 4 is 23.4 Å². The van der Waals surface area contributed by atoms with Gasteiger partial charge in [-0.1, -0.05) is 54.1 Å². The number of carbonyl (C=O) groups is 2. The summed E-state index contributed by atoms with van der Waals surface area (Å²) in [5, 5.41) is 3.45. The van der Waals surface area contributed by atoms with Crippen LogP contribution in [-0.4, -0.2) is 22.8 Å². The Hall–Kier alpha value is -3.05. The Kier molecular flexibility index (Phi) is 7.09. The largest absolute Gasteiger partial charge is 0.467 e. The lowest BCUT2D eigenvalue weighted by molar-refractivity contribution is -0.140. The lowest BCUT2D eigenvalue weighted by Crippen LogP contribution is -2.47. The minimum Gasteiger partial charge on any atom is -0.467 e. The van der Waals surface area contributed by atoms with Crippen molar-refractivity contribution < 1.29 is 14.0 Å². The third-order valence-corrected chi connectivity index (χ3v) is 4.90. The molecule has 2 aromatic carbocycles. The predicted molar refractivity (Wildman–Crippen MR) is 112 cm³/mol. The van der Waals surface area contributed by atoms with Crippen LogP contribution in [0.4, 0.5) is 0 Å². The summed E-state index contributed by atoms with van der Waals surface area (Å²) in [4.78, 5) is 27.4. The minimum atomic E-state index is -0.634. The van der Waals surface area contributed by atoms with Crippen LogP contribution in [0.2, 0.25) is 5.02 Å². The van der Waals surface area contributed by atoms with Crippen LogP contribution in [0.1, 0.15) is 23.8 Å². The van der Waals surface area contributed by atoms with E-state index in [1.807, 2.05) is 42.5 Å². The zero-order valence-corrected chi connectivity index (χ0v) is 16.9. The van der Waals surface area contributed by atoms with E-state index < -0.39 is 6.04 Å². The SMILES string of the molecule is CC(C(=O)NCc1ccco1)N(Cc1ccccc1)C(=O)Cc1ccc(Cl)cc1. The van der Waals surface area contributed by atoms with E-state index in [4.69, 9.17) is 16.0 Å². The fourth-order valence-corrected chi connectivity index (χ4v) is 3.10. The normalized spacial score (nSPS) is 11.7. The molecule has 0 aliphatic rings. The second kappa shape index (κ2) is 9.94. The van der Waals surface area contributed by atoms with E-state index in [9.17, 15) is 9.59 Å². The van der Waals surface area contributed by atoms with E-state index in [1.165, 1.54) is 0 Å². The smallest absolute Gasteiger partial charge is 0.242 e. The number of hydrogen-bond donors (Lipinski definition) is 1. The molecule has 1 unspecified atom stereocenters. The molecule has 1 heterocycles. The zero-order valence-electron chi connectivity index (χ0n) is 16.2. The minimum absolute atomic E-state index is 0.128. The van der Waals surface area contributed by atoms with Crippen molar-refractivity contribution in [3.05, 3.63) is 94.9 Å². The molecule has 0 aliphatic carbocycles. The summed E-state index contributed by atoms with van der Waals surface area (Å²) in [5.41, 5.74) is 1.81. The van der Waals surface area contributed by atoms with Gasteiger partial charge in [-0.05, 0) is 42.3 Å². The van der Waals surface area contributed by atoms with Crippen molar-refractivity contribution in [2.24, 2.45) is 0 Å². The summed E-state index contributed by atoms with van der Waals surface area (Å²) in [6.45, 7) is 2.36. The van der Waals surface area contributed by atoms with Gasteiger partial charge in [-0.15, -0.1) is 0 Å². The van der Waals surface area contributed by atoms with E-state index >= 15 is 0 Å². The van der Waals surface area contributed by atoms with Crippen molar-refractivity contribution in [2.75, 3.05) is 0 Å². The zero-order chi connectivity index (χ0) is 20.6. The number of amides is 2. The molecule has 0 saturated carbocycles. The molecular weight excluding hydrogens is 388 g/mol. The summed E-state index contributed by atoms with van der Waals surface area (Å²) in [5.74, 6) is 0.297.